The van der Waals surface area contributed by atoms with E-state index in [1.165, 1.54) is 10.4 Å². The number of rotatable bonds is 7. The van der Waals surface area contributed by atoms with Crippen LogP contribution in [0.4, 0.5) is 0 Å². The van der Waals surface area contributed by atoms with Crippen molar-refractivity contribution in [2.75, 3.05) is 6.61 Å². The van der Waals surface area contributed by atoms with Crippen molar-refractivity contribution < 1.29 is 9.53 Å². The normalized spacial score (nSPS) is 12.1. The molecule has 0 unspecified atom stereocenters. The molecule has 0 amide bonds. The third-order valence-corrected chi connectivity index (χ3v) is 4.00. The zero-order valence-electron chi connectivity index (χ0n) is 11.3. The van der Waals surface area contributed by atoms with E-state index in [-0.39, 0.29) is 5.97 Å². The molecule has 106 valence electrons. The van der Waals surface area contributed by atoms with E-state index in [4.69, 9.17) is 10.5 Å². The fraction of sp³-hybridized carbons (Fsp3) is 0.312. The maximum absolute atomic E-state index is 11.7. The van der Waals surface area contributed by atoms with Crippen LogP contribution < -0.4 is 5.73 Å². The topological polar surface area (TPSA) is 52.3 Å². The highest BCUT2D eigenvalue weighted by molar-refractivity contribution is 7.09. The van der Waals surface area contributed by atoms with Crippen LogP contribution in [-0.2, 0) is 22.4 Å². The fourth-order valence-electron chi connectivity index (χ4n) is 1.90. The fourth-order valence-corrected chi connectivity index (χ4v) is 2.59. The van der Waals surface area contributed by atoms with Crippen LogP contribution >= 0.6 is 11.3 Å². The molecular weight excluding hydrogens is 270 g/mol. The van der Waals surface area contributed by atoms with Crippen molar-refractivity contribution in [2.45, 2.75) is 25.3 Å². The number of esters is 1. The summed E-state index contributed by atoms with van der Waals surface area (Å²) in [7, 11) is 0. The summed E-state index contributed by atoms with van der Waals surface area (Å²) in [6, 6.07) is 13.5. The van der Waals surface area contributed by atoms with E-state index in [0.717, 1.165) is 12.8 Å². The minimum atomic E-state index is -0.543. The van der Waals surface area contributed by atoms with Gasteiger partial charge in [-0.25, -0.2) is 0 Å². The first-order valence-electron chi connectivity index (χ1n) is 6.74. The first-order valence-corrected chi connectivity index (χ1v) is 7.62. The Hall–Kier alpha value is -1.65. The van der Waals surface area contributed by atoms with Crippen LogP contribution in [0.3, 0.4) is 0 Å². The van der Waals surface area contributed by atoms with Crippen LogP contribution in [0.1, 0.15) is 16.9 Å². The zero-order chi connectivity index (χ0) is 14.2. The summed E-state index contributed by atoms with van der Waals surface area (Å²) >= 11 is 1.67. The van der Waals surface area contributed by atoms with Gasteiger partial charge in [-0.1, -0.05) is 36.4 Å². The number of hydrogen-bond donors (Lipinski definition) is 1. The molecule has 3 nitrogen and oxygen atoms in total. The van der Waals surface area contributed by atoms with Gasteiger partial charge in [0, 0.05) is 11.3 Å². The van der Waals surface area contributed by atoms with E-state index >= 15 is 0 Å². The summed E-state index contributed by atoms with van der Waals surface area (Å²) in [6.45, 7) is 0.401. The minimum absolute atomic E-state index is 0.308. The Bertz CT molecular complexity index is 511. The van der Waals surface area contributed by atoms with Crippen molar-refractivity contribution in [1.29, 1.82) is 0 Å². The van der Waals surface area contributed by atoms with Crippen LogP contribution in [-0.4, -0.2) is 18.6 Å². The lowest BCUT2D eigenvalue weighted by Gasteiger charge is -2.11. The van der Waals surface area contributed by atoms with E-state index in [2.05, 4.69) is 0 Å². The molecule has 0 fully saturated rings. The van der Waals surface area contributed by atoms with Crippen molar-refractivity contribution >= 4 is 17.3 Å². The Kier molecular flexibility index (Phi) is 5.77. The second kappa shape index (κ2) is 7.82. The first kappa shape index (κ1) is 14.8. The largest absolute Gasteiger partial charge is 0.464 e. The number of ether oxygens (including phenoxy) is 1. The van der Waals surface area contributed by atoms with Crippen LogP contribution in [0.15, 0.2) is 47.8 Å². The van der Waals surface area contributed by atoms with Crippen molar-refractivity contribution in [2.24, 2.45) is 5.73 Å². The van der Waals surface area contributed by atoms with Gasteiger partial charge in [-0.05, 0) is 29.9 Å². The molecule has 0 bridgehead atoms. The van der Waals surface area contributed by atoms with Crippen molar-refractivity contribution in [1.82, 2.24) is 0 Å². The molecule has 1 heterocycles. The molecule has 0 radical (unpaired) electrons. The molecule has 0 aliphatic carbocycles. The Labute approximate surface area is 123 Å². The molecule has 1 aromatic carbocycles. The maximum Gasteiger partial charge on any atom is 0.322 e. The van der Waals surface area contributed by atoms with Crippen LogP contribution in [0.2, 0.25) is 0 Å². The van der Waals surface area contributed by atoms with Crippen molar-refractivity contribution in [3.8, 4) is 0 Å². The molecule has 1 aromatic heterocycles. The number of hydrogen-bond acceptors (Lipinski definition) is 4. The van der Waals surface area contributed by atoms with Gasteiger partial charge in [-0.15, -0.1) is 11.3 Å². The molecule has 0 saturated carbocycles. The van der Waals surface area contributed by atoms with E-state index in [9.17, 15) is 4.79 Å². The lowest BCUT2D eigenvalue weighted by atomic mass is 10.1. The number of benzene rings is 1. The predicted octanol–water partition coefficient (Wildman–Crippen LogP) is 2.79. The molecular formula is C16H19NO2S. The Balaban J connectivity index is 1.66. The summed E-state index contributed by atoms with van der Waals surface area (Å²) in [4.78, 5) is 13.0. The maximum atomic E-state index is 11.7. The average Bonchev–Trinajstić information content (AvgIpc) is 2.99. The average molecular weight is 289 g/mol. The van der Waals surface area contributed by atoms with Crippen LogP contribution in [0.25, 0.3) is 0 Å². The van der Waals surface area contributed by atoms with Gasteiger partial charge in [0.2, 0.25) is 0 Å². The second-order valence-electron chi connectivity index (χ2n) is 4.63. The third-order valence-electron chi connectivity index (χ3n) is 3.06. The van der Waals surface area contributed by atoms with Crippen LogP contribution in [0.5, 0.6) is 0 Å². The molecule has 0 saturated heterocycles. The summed E-state index contributed by atoms with van der Waals surface area (Å²) < 4.78 is 5.21. The van der Waals surface area contributed by atoms with Gasteiger partial charge in [-0.2, -0.15) is 0 Å². The number of carbonyl (C=O) groups is 1. The summed E-state index contributed by atoms with van der Waals surface area (Å²) in [5, 5.41) is 2.02. The Morgan fingerprint density at radius 1 is 1.15 bits per heavy atom. The smallest absolute Gasteiger partial charge is 0.322 e. The number of carbonyl (C=O) groups excluding carboxylic acids is 1. The first-order chi connectivity index (χ1) is 9.75. The zero-order valence-corrected chi connectivity index (χ0v) is 12.1. The van der Waals surface area contributed by atoms with Gasteiger partial charge < -0.3 is 10.5 Å². The van der Waals surface area contributed by atoms with Crippen LogP contribution in [0, 0.1) is 0 Å². The summed E-state index contributed by atoms with van der Waals surface area (Å²) in [5.74, 6) is -0.308. The monoisotopic (exact) mass is 289 g/mol. The molecule has 1 atom stereocenters. The highest BCUT2D eigenvalue weighted by Crippen LogP contribution is 2.09. The SMILES string of the molecule is N[C@@H](CCc1ccccc1)C(=O)OCCc1cccs1. The molecule has 0 aliphatic heterocycles. The minimum Gasteiger partial charge on any atom is -0.464 e. The lowest BCUT2D eigenvalue weighted by Crippen LogP contribution is -2.33. The Morgan fingerprint density at radius 3 is 2.65 bits per heavy atom. The molecule has 2 N–H and O–H groups in total. The van der Waals surface area contributed by atoms with E-state index < -0.39 is 6.04 Å². The quantitative estimate of drug-likeness (QED) is 0.797. The number of aryl methyl sites for hydroxylation is 1. The highest BCUT2D eigenvalue weighted by atomic mass is 32.1. The number of thiophene rings is 1. The van der Waals surface area contributed by atoms with Gasteiger partial charge in [0.25, 0.3) is 0 Å². The Morgan fingerprint density at radius 2 is 1.95 bits per heavy atom. The molecule has 2 aromatic rings. The highest BCUT2D eigenvalue weighted by Gasteiger charge is 2.14. The summed E-state index contributed by atoms with van der Waals surface area (Å²) in [6.07, 6.45) is 2.17. The molecule has 4 heteroatoms. The van der Waals surface area contributed by atoms with Crippen molar-refractivity contribution in [3.63, 3.8) is 0 Å². The van der Waals surface area contributed by atoms with E-state index in [1.54, 1.807) is 11.3 Å². The lowest BCUT2D eigenvalue weighted by molar-refractivity contribution is -0.145. The van der Waals surface area contributed by atoms with E-state index in [1.807, 2.05) is 47.8 Å². The van der Waals surface area contributed by atoms with Gasteiger partial charge >= 0.3 is 5.97 Å². The van der Waals surface area contributed by atoms with Gasteiger partial charge in [-0.3, -0.25) is 4.79 Å². The number of nitrogens with two attached hydrogens (primary N) is 1. The molecule has 0 aliphatic rings. The summed E-state index contributed by atoms with van der Waals surface area (Å²) in [5.41, 5.74) is 7.04. The molecule has 2 rings (SSSR count). The van der Waals surface area contributed by atoms with Gasteiger partial charge in [0.15, 0.2) is 0 Å². The molecule has 20 heavy (non-hydrogen) atoms. The van der Waals surface area contributed by atoms with Crippen molar-refractivity contribution in [3.05, 3.63) is 58.3 Å². The van der Waals surface area contributed by atoms with E-state index in [0.29, 0.717) is 13.0 Å². The molecule has 0 spiro atoms. The predicted molar refractivity (Wildman–Crippen MR) is 81.7 cm³/mol. The third kappa shape index (κ3) is 4.79. The standard InChI is InChI=1S/C16H19NO2S/c17-15(9-8-13-5-2-1-3-6-13)16(18)19-11-10-14-7-4-12-20-14/h1-7,12,15H,8-11,17H2/t15-/m0/s1. The van der Waals surface area contributed by atoms with Gasteiger partial charge in [0.1, 0.15) is 6.04 Å². The van der Waals surface area contributed by atoms with Gasteiger partial charge in [0.05, 0.1) is 6.61 Å². The second-order valence-corrected chi connectivity index (χ2v) is 5.66.